The second kappa shape index (κ2) is 4.39. The van der Waals surface area contributed by atoms with E-state index < -0.39 is 0 Å². The number of aromatic nitrogens is 1. The molecule has 3 heteroatoms. The number of methoxy groups -OCH3 is 1. The van der Waals surface area contributed by atoms with Crippen molar-refractivity contribution in [3.05, 3.63) is 30.3 Å². The third-order valence-electron chi connectivity index (χ3n) is 2.26. The SMILES string of the molecule is COc1ccc2nc(NC(C)C)[c]cc2c1. The number of nitrogens with zero attached hydrogens (tertiary/aromatic N) is 1. The van der Waals surface area contributed by atoms with Crippen molar-refractivity contribution >= 4 is 16.7 Å². The van der Waals surface area contributed by atoms with Crippen LogP contribution in [-0.4, -0.2) is 18.1 Å². The highest BCUT2D eigenvalue weighted by molar-refractivity contribution is 5.81. The summed E-state index contributed by atoms with van der Waals surface area (Å²) in [7, 11) is 1.66. The molecule has 0 atom stereocenters. The Morgan fingerprint density at radius 3 is 2.88 bits per heavy atom. The minimum absolute atomic E-state index is 0.361. The van der Waals surface area contributed by atoms with Gasteiger partial charge in [-0.05, 0) is 38.1 Å². The molecular formula is C13H15N2O. The molecule has 83 valence electrons. The van der Waals surface area contributed by atoms with Crippen LogP contribution in [0.2, 0.25) is 0 Å². The molecule has 0 aliphatic rings. The molecule has 1 aromatic heterocycles. The number of hydrogen-bond donors (Lipinski definition) is 1. The summed E-state index contributed by atoms with van der Waals surface area (Å²) in [6.07, 6.45) is 0. The average Bonchev–Trinajstić information content (AvgIpc) is 2.27. The van der Waals surface area contributed by atoms with Crippen molar-refractivity contribution in [3.63, 3.8) is 0 Å². The largest absolute Gasteiger partial charge is 0.497 e. The molecule has 0 saturated carbocycles. The fourth-order valence-corrected chi connectivity index (χ4v) is 1.52. The van der Waals surface area contributed by atoms with Crippen molar-refractivity contribution in [3.8, 4) is 5.75 Å². The van der Waals surface area contributed by atoms with Gasteiger partial charge in [0.1, 0.15) is 11.6 Å². The van der Waals surface area contributed by atoms with Gasteiger partial charge in [-0.15, -0.1) is 0 Å². The summed E-state index contributed by atoms with van der Waals surface area (Å²) in [6, 6.07) is 11.2. The van der Waals surface area contributed by atoms with Crippen LogP contribution >= 0.6 is 0 Å². The molecule has 1 N–H and O–H groups in total. The van der Waals surface area contributed by atoms with Crippen molar-refractivity contribution in [2.45, 2.75) is 19.9 Å². The Bertz CT molecular complexity index is 494. The summed E-state index contributed by atoms with van der Waals surface area (Å²) < 4.78 is 5.16. The van der Waals surface area contributed by atoms with Crippen molar-refractivity contribution in [1.29, 1.82) is 0 Å². The molecule has 0 aliphatic carbocycles. The highest BCUT2D eigenvalue weighted by Gasteiger charge is 2.01. The number of rotatable bonds is 3. The topological polar surface area (TPSA) is 34.1 Å². The van der Waals surface area contributed by atoms with E-state index in [0.29, 0.717) is 6.04 Å². The average molecular weight is 215 g/mol. The van der Waals surface area contributed by atoms with Gasteiger partial charge in [-0.2, -0.15) is 0 Å². The smallest absolute Gasteiger partial charge is 0.134 e. The summed E-state index contributed by atoms with van der Waals surface area (Å²) >= 11 is 0. The van der Waals surface area contributed by atoms with Crippen LogP contribution in [0.4, 0.5) is 5.82 Å². The van der Waals surface area contributed by atoms with E-state index in [1.807, 2.05) is 24.3 Å². The van der Waals surface area contributed by atoms with Crippen LogP contribution in [0.25, 0.3) is 10.9 Å². The maximum Gasteiger partial charge on any atom is 0.134 e. The highest BCUT2D eigenvalue weighted by atomic mass is 16.5. The fraction of sp³-hybridized carbons (Fsp3) is 0.308. The molecule has 0 aliphatic heterocycles. The first-order valence-electron chi connectivity index (χ1n) is 5.32. The minimum Gasteiger partial charge on any atom is -0.497 e. The zero-order chi connectivity index (χ0) is 11.5. The number of pyridine rings is 1. The normalized spacial score (nSPS) is 10.8. The molecule has 0 fully saturated rings. The van der Waals surface area contributed by atoms with E-state index >= 15 is 0 Å². The van der Waals surface area contributed by atoms with Crippen molar-refractivity contribution < 1.29 is 4.74 Å². The highest BCUT2D eigenvalue weighted by Crippen LogP contribution is 2.20. The van der Waals surface area contributed by atoms with Gasteiger partial charge in [-0.1, -0.05) is 0 Å². The first-order chi connectivity index (χ1) is 7.69. The summed E-state index contributed by atoms with van der Waals surface area (Å²) in [6.45, 7) is 4.15. The Labute approximate surface area is 95.5 Å². The van der Waals surface area contributed by atoms with E-state index in [1.54, 1.807) is 7.11 Å². The molecule has 3 nitrogen and oxygen atoms in total. The summed E-state index contributed by atoms with van der Waals surface area (Å²) in [5.74, 6) is 1.62. The van der Waals surface area contributed by atoms with Crippen LogP contribution in [-0.2, 0) is 0 Å². The van der Waals surface area contributed by atoms with E-state index in [4.69, 9.17) is 4.74 Å². The maximum atomic E-state index is 5.16. The van der Waals surface area contributed by atoms with Gasteiger partial charge in [0.15, 0.2) is 0 Å². The van der Waals surface area contributed by atoms with Crippen LogP contribution in [0.3, 0.4) is 0 Å². The third kappa shape index (κ3) is 2.24. The van der Waals surface area contributed by atoms with E-state index in [2.05, 4.69) is 30.2 Å². The predicted octanol–water partition coefficient (Wildman–Crippen LogP) is 2.86. The summed E-state index contributed by atoms with van der Waals surface area (Å²) in [5.41, 5.74) is 0.947. The molecule has 0 unspecified atom stereocenters. The van der Waals surface area contributed by atoms with Gasteiger partial charge in [-0.25, -0.2) is 4.98 Å². The Balaban J connectivity index is 2.39. The lowest BCUT2D eigenvalue weighted by Gasteiger charge is -2.09. The predicted molar refractivity (Wildman–Crippen MR) is 65.9 cm³/mol. The quantitative estimate of drug-likeness (QED) is 0.854. The minimum atomic E-state index is 0.361. The number of fused-ring (bicyclic) bond motifs is 1. The van der Waals surface area contributed by atoms with Gasteiger partial charge in [-0.3, -0.25) is 0 Å². The first-order valence-corrected chi connectivity index (χ1v) is 5.32. The lowest BCUT2D eigenvalue weighted by molar-refractivity contribution is 0.415. The monoisotopic (exact) mass is 215 g/mol. The van der Waals surface area contributed by atoms with Gasteiger partial charge in [0.25, 0.3) is 0 Å². The van der Waals surface area contributed by atoms with E-state index in [9.17, 15) is 0 Å². The number of nitrogens with one attached hydrogen (secondary N) is 1. The molecular weight excluding hydrogens is 200 g/mol. The Hall–Kier alpha value is -1.77. The molecule has 1 heterocycles. The van der Waals surface area contributed by atoms with Crippen molar-refractivity contribution in [1.82, 2.24) is 4.98 Å². The Morgan fingerprint density at radius 2 is 2.19 bits per heavy atom. The molecule has 0 saturated heterocycles. The zero-order valence-corrected chi connectivity index (χ0v) is 9.74. The summed E-state index contributed by atoms with van der Waals surface area (Å²) in [4.78, 5) is 4.47. The second-order valence-electron chi connectivity index (χ2n) is 3.97. The Kier molecular flexibility index (Phi) is 2.95. The van der Waals surface area contributed by atoms with Crippen LogP contribution in [0.15, 0.2) is 24.3 Å². The molecule has 1 aromatic carbocycles. The Morgan fingerprint density at radius 1 is 1.38 bits per heavy atom. The molecule has 16 heavy (non-hydrogen) atoms. The van der Waals surface area contributed by atoms with Gasteiger partial charge < -0.3 is 10.1 Å². The lowest BCUT2D eigenvalue weighted by Crippen LogP contribution is -2.10. The van der Waals surface area contributed by atoms with Gasteiger partial charge in [0.05, 0.1) is 12.6 Å². The number of hydrogen-bond acceptors (Lipinski definition) is 3. The molecule has 0 amide bonds. The van der Waals surface area contributed by atoms with Crippen LogP contribution < -0.4 is 10.1 Å². The second-order valence-corrected chi connectivity index (χ2v) is 3.97. The zero-order valence-electron chi connectivity index (χ0n) is 9.74. The third-order valence-corrected chi connectivity index (χ3v) is 2.26. The fourth-order valence-electron chi connectivity index (χ4n) is 1.52. The van der Waals surface area contributed by atoms with Crippen LogP contribution in [0.1, 0.15) is 13.8 Å². The molecule has 0 bridgehead atoms. The molecule has 0 spiro atoms. The van der Waals surface area contributed by atoms with E-state index in [0.717, 1.165) is 22.5 Å². The van der Waals surface area contributed by atoms with Crippen molar-refractivity contribution in [2.75, 3.05) is 12.4 Å². The number of benzene rings is 1. The van der Waals surface area contributed by atoms with Gasteiger partial charge in [0, 0.05) is 17.5 Å². The number of ether oxygens (including phenoxy) is 1. The van der Waals surface area contributed by atoms with Crippen LogP contribution in [0.5, 0.6) is 5.75 Å². The van der Waals surface area contributed by atoms with Crippen molar-refractivity contribution in [2.24, 2.45) is 0 Å². The van der Waals surface area contributed by atoms with Crippen LogP contribution in [0, 0.1) is 6.07 Å². The first kappa shape index (κ1) is 10.7. The van der Waals surface area contributed by atoms with E-state index in [1.165, 1.54) is 0 Å². The summed E-state index contributed by atoms with van der Waals surface area (Å²) in [5, 5.41) is 4.26. The van der Waals surface area contributed by atoms with Gasteiger partial charge in [0.2, 0.25) is 0 Å². The maximum absolute atomic E-state index is 5.16. The standard InChI is InChI=1S/C13H15N2O/c1-9(2)14-13-7-4-10-8-11(16-3)5-6-12(10)15-13/h4-6,8-9H,1-3H3,(H,14,15). The molecule has 1 radical (unpaired) electrons. The van der Waals surface area contributed by atoms with E-state index in [-0.39, 0.29) is 0 Å². The number of anilines is 1. The molecule has 2 rings (SSSR count). The molecule has 2 aromatic rings. The lowest BCUT2D eigenvalue weighted by atomic mass is 10.2. The van der Waals surface area contributed by atoms with Gasteiger partial charge >= 0.3 is 0 Å².